The Morgan fingerprint density at radius 3 is 2.85 bits per heavy atom. The van der Waals surface area contributed by atoms with Crippen molar-refractivity contribution in [1.82, 2.24) is 9.80 Å². The highest BCUT2D eigenvalue weighted by Crippen LogP contribution is 2.29. The van der Waals surface area contributed by atoms with Crippen LogP contribution in [0, 0.1) is 0 Å². The van der Waals surface area contributed by atoms with E-state index in [0.717, 1.165) is 12.8 Å². The van der Waals surface area contributed by atoms with Crippen LogP contribution in [0.2, 0.25) is 0 Å². The van der Waals surface area contributed by atoms with Crippen LogP contribution < -0.4 is 0 Å². The van der Waals surface area contributed by atoms with Crippen molar-refractivity contribution in [2.45, 2.75) is 38.3 Å². The largest absolute Gasteiger partial charge is 0.480 e. The van der Waals surface area contributed by atoms with E-state index in [1.807, 2.05) is 0 Å². The van der Waals surface area contributed by atoms with Gasteiger partial charge in [0.1, 0.15) is 11.3 Å². The molecule has 2 heterocycles. The van der Waals surface area contributed by atoms with E-state index < -0.39 is 11.5 Å². The standard InChI is InChI=1S/C14H20N2O4/c1-14(12(17)18)7-3-4-8-16(14)13(19)15(2)10-11-6-5-9-20-11/h5-6,9H,3-4,7-8,10H2,1-2H3,(H,17,18). The third kappa shape index (κ3) is 2.64. The van der Waals surface area contributed by atoms with Crippen LogP contribution in [0.15, 0.2) is 22.8 Å². The second-order valence-electron chi connectivity index (χ2n) is 5.41. The van der Waals surface area contributed by atoms with Crippen LogP contribution >= 0.6 is 0 Å². The second-order valence-corrected chi connectivity index (χ2v) is 5.41. The Morgan fingerprint density at radius 1 is 1.50 bits per heavy atom. The van der Waals surface area contributed by atoms with Crippen LogP contribution in [-0.4, -0.2) is 46.0 Å². The Morgan fingerprint density at radius 2 is 2.25 bits per heavy atom. The van der Waals surface area contributed by atoms with E-state index >= 15 is 0 Å². The molecule has 0 radical (unpaired) electrons. The highest BCUT2D eigenvalue weighted by Gasteiger charge is 2.44. The van der Waals surface area contributed by atoms with E-state index in [2.05, 4.69) is 0 Å². The molecule has 0 aliphatic carbocycles. The fraction of sp³-hybridized carbons (Fsp3) is 0.571. The Bertz CT molecular complexity index is 485. The van der Waals surface area contributed by atoms with Crippen molar-refractivity contribution < 1.29 is 19.1 Å². The predicted molar refractivity (Wildman–Crippen MR) is 72.2 cm³/mol. The zero-order valence-corrected chi connectivity index (χ0v) is 11.8. The molecular weight excluding hydrogens is 260 g/mol. The number of hydrogen-bond donors (Lipinski definition) is 1. The summed E-state index contributed by atoms with van der Waals surface area (Å²) in [6, 6.07) is 3.28. The van der Waals surface area contributed by atoms with Crippen LogP contribution in [-0.2, 0) is 11.3 Å². The molecule has 1 unspecified atom stereocenters. The monoisotopic (exact) mass is 280 g/mol. The maximum atomic E-state index is 12.5. The summed E-state index contributed by atoms with van der Waals surface area (Å²) in [6.45, 7) is 2.43. The van der Waals surface area contributed by atoms with Crippen LogP contribution in [0.5, 0.6) is 0 Å². The van der Waals surface area contributed by atoms with Crippen molar-refractivity contribution in [3.63, 3.8) is 0 Å². The predicted octanol–water partition coefficient (Wildman–Crippen LogP) is 2.16. The first-order valence-electron chi connectivity index (χ1n) is 6.73. The number of carbonyl (C=O) groups excluding carboxylic acids is 1. The van der Waals surface area contributed by atoms with Crippen molar-refractivity contribution in [3.05, 3.63) is 24.2 Å². The number of nitrogens with zero attached hydrogens (tertiary/aromatic N) is 2. The average Bonchev–Trinajstić information content (AvgIpc) is 2.91. The number of carboxylic acid groups (broad SMARTS) is 1. The fourth-order valence-electron chi connectivity index (χ4n) is 2.56. The van der Waals surface area contributed by atoms with Gasteiger partial charge in [0.2, 0.25) is 0 Å². The summed E-state index contributed by atoms with van der Waals surface area (Å²) in [7, 11) is 1.65. The van der Waals surface area contributed by atoms with E-state index in [4.69, 9.17) is 4.42 Å². The zero-order chi connectivity index (χ0) is 14.8. The van der Waals surface area contributed by atoms with Gasteiger partial charge in [-0.05, 0) is 38.3 Å². The van der Waals surface area contributed by atoms with Crippen molar-refractivity contribution in [2.75, 3.05) is 13.6 Å². The molecule has 110 valence electrons. The summed E-state index contributed by atoms with van der Waals surface area (Å²) >= 11 is 0. The molecule has 1 saturated heterocycles. The lowest BCUT2D eigenvalue weighted by atomic mass is 9.89. The van der Waals surface area contributed by atoms with Crippen LogP contribution in [0.25, 0.3) is 0 Å². The Kier molecular flexibility index (Phi) is 4.01. The maximum absolute atomic E-state index is 12.5. The van der Waals surface area contributed by atoms with Crippen LogP contribution in [0.4, 0.5) is 4.79 Å². The number of rotatable bonds is 3. The molecule has 6 heteroatoms. The highest BCUT2D eigenvalue weighted by atomic mass is 16.4. The topological polar surface area (TPSA) is 74.0 Å². The number of hydrogen-bond acceptors (Lipinski definition) is 3. The van der Waals surface area contributed by atoms with Gasteiger partial charge in [-0.25, -0.2) is 9.59 Å². The number of amides is 2. The molecule has 1 aromatic rings. The minimum atomic E-state index is -1.12. The molecule has 1 aliphatic heterocycles. The van der Waals surface area contributed by atoms with Gasteiger partial charge in [0.05, 0.1) is 12.8 Å². The molecule has 0 bridgehead atoms. The van der Waals surface area contributed by atoms with E-state index in [9.17, 15) is 14.7 Å². The number of carbonyl (C=O) groups is 2. The lowest BCUT2D eigenvalue weighted by molar-refractivity contribution is -0.150. The third-order valence-electron chi connectivity index (χ3n) is 3.88. The van der Waals surface area contributed by atoms with E-state index in [0.29, 0.717) is 25.3 Å². The highest BCUT2D eigenvalue weighted by molar-refractivity contribution is 5.86. The number of carboxylic acids is 1. The number of likely N-dealkylation sites (tertiary alicyclic amines) is 1. The first-order chi connectivity index (χ1) is 9.45. The van der Waals surface area contributed by atoms with E-state index in [1.165, 1.54) is 9.80 Å². The minimum Gasteiger partial charge on any atom is -0.480 e. The van der Waals surface area contributed by atoms with Gasteiger partial charge in [-0.2, -0.15) is 0 Å². The average molecular weight is 280 g/mol. The van der Waals surface area contributed by atoms with Crippen molar-refractivity contribution in [2.24, 2.45) is 0 Å². The summed E-state index contributed by atoms with van der Waals surface area (Å²) in [6.07, 6.45) is 3.70. The second kappa shape index (κ2) is 5.56. The first kappa shape index (κ1) is 14.4. The van der Waals surface area contributed by atoms with Crippen molar-refractivity contribution >= 4 is 12.0 Å². The molecule has 1 N–H and O–H groups in total. The molecule has 1 aromatic heterocycles. The van der Waals surface area contributed by atoms with E-state index in [1.54, 1.807) is 32.4 Å². The molecule has 1 atom stereocenters. The quantitative estimate of drug-likeness (QED) is 0.920. The van der Waals surface area contributed by atoms with Gasteiger partial charge < -0.3 is 19.3 Å². The zero-order valence-electron chi connectivity index (χ0n) is 11.8. The SMILES string of the molecule is CN(Cc1ccco1)C(=O)N1CCCCC1(C)C(=O)O. The molecule has 2 rings (SSSR count). The molecule has 0 spiro atoms. The van der Waals surface area contributed by atoms with Gasteiger partial charge in [-0.1, -0.05) is 0 Å². The lowest BCUT2D eigenvalue weighted by Gasteiger charge is -2.43. The fourth-order valence-corrected chi connectivity index (χ4v) is 2.56. The molecule has 6 nitrogen and oxygen atoms in total. The third-order valence-corrected chi connectivity index (χ3v) is 3.88. The van der Waals surface area contributed by atoms with Gasteiger partial charge >= 0.3 is 12.0 Å². The summed E-state index contributed by atoms with van der Waals surface area (Å²) in [5, 5.41) is 9.42. The number of furan rings is 1. The lowest BCUT2D eigenvalue weighted by Crippen LogP contribution is -2.60. The molecule has 1 fully saturated rings. The van der Waals surface area contributed by atoms with Gasteiger partial charge in [-0.3, -0.25) is 0 Å². The Balaban J connectivity index is 2.11. The first-order valence-corrected chi connectivity index (χ1v) is 6.73. The molecular formula is C14H20N2O4. The molecule has 0 saturated carbocycles. The van der Waals surface area contributed by atoms with Crippen molar-refractivity contribution in [1.29, 1.82) is 0 Å². The maximum Gasteiger partial charge on any atom is 0.329 e. The van der Waals surface area contributed by atoms with E-state index in [-0.39, 0.29) is 6.03 Å². The molecule has 2 amide bonds. The summed E-state index contributed by atoms with van der Waals surface area (Å²) in [5.41, 5.74) is -1.12. The Labute approximate surface area is 118 Å². The Hall–Kier alpha value is -1.98. The van der Waals surface area contributed by atoms with Gasteiger partial charge in [0.15, 0.2) is 0 Å². The molecule has 0 aromatic carbocycles. The van der Waals surface area contributed by atoms with Gasteiger partial charge in [0.25, 0.3) is 0 Å². The van der Waals surface area contributed by atoms with Crippen LogP contribution in [0.1, 0.15) is 31.9 Å². The number of aliphatic carboxylic acids is 1. The van der Waals surface area contributed by atoms with Gasteiger partial charge in [0, 0.05) is 13.6 Å². The summed E-state index contributed by atoms with van der Waals surface area (Å²) < 4.78 is 5.21. The number of piperidine rings is 1. The normalized spacial score (nSPS) is 22.6. The smallest absolute Gasteiger partial charge is 0.329 e. The summed E-state index contributed by atoms with van der Waals surface area (Å²) in [5.74, 6) is -0.271. The number of urea groups is 1. The van der Waals surface area contributed by atoms with Gasteiger partial charge in [-0.15, -0.1) is 0 Å². The molecule has 20 heavy (non-hydrogen) atoms. The van der Waals surface area contributed by atoms with Crippen molar-refractivity contribution in [3.8, 4) is 0 Å². The van der Waals surface area contributed by atoms with Crippen LogP contribution in [0.3, 0.4) is 0 Å². The summed E-state index contributed by atoms with van der Waals surface area (Å²) in [4.78, 5) is 26.9. The molecule has 1 aliphatic rings. The minimum absolute atomic E-state index is 0.272.